The van der Waals surface area contributed by atoms with Crippen LogP contribution in [-0.2, 0) is 9.59 Å². The van der Waals surface area contributed by atoms with Gasteiger partial charge in [0.15, 0.2) is 0 Å². The van der Waals surface area contributed by atoms with Crippen molar-refractivity contribution in [1.29, 1.82) is 0 Å². The number of carbonyl (C=O) groups is 2. The van der Waals surface area contributed by atoms with Gasteiger partial charge < -0.3 is 4.90 Å². The molecule has 0 aromatic heterocycles. The first kappa shape index (κ1) is 22.2. The van der Waals surface area contributed by atoms with Crippen LogP contribution in [0.3, 0.4) is 0 Å². The molecule has 32 heavy (non-hydrogen) atoms. The van der Waals surface area contributed by atoms with Crippen LogP contribution in [0.5, 0.6) is 0 Å². The van der Waals surface area contributed by atoms with Gasteiger partial charge >= 0.3 is 0 Å². The Morgan fingerprint density at radius 1 is 0.875 bits per heavy atom. The zero-order valence-corrected chi connectivity index (χ0v) is 19.7. The number of likely N-dealkylation sites (N-methyl/N-ethyl adjacent to an activating group) is 1. The third-order valence-corrected chi connectivity index (χ3v) is 6.85. The minimum atomic E-state index is -0.314. The van der Waals surface area contributed by atoms with Crippen molar-refractivity contribution in [2.45, 2.75) is 25.7 Å². The van der Waals surface area contributed by atoms with E-state index in [1.165, 1.54) is 16.7 Å². The van der Waals surface area contributed by atoms with Gasteiger partial charge in [-0.3, -0.25) is 9.59 Å². The fourth-order valence-electron chi connectivity index (χ4n) is 3.72. The minimum absolute atomic E-state index is 0.312. The number of thioether (sulfide) groups is 1. The highest BCUT2D eigenvalue weighted by atomic mass is 35.5. The quantitative estimate of drug-likeness (QED) is 0.399. The van der Waals surface area contributed by atoms with E-state index in [1.807, 2.05) is 86.3 Å². The number of amides is 2. The van der Waals surface area contributed by atoms with Gasteiger partial charge in [0.25, 0.3) is 11.8 Å². The van der Waals surface area contributed by atoms with E-state index < -0.39 is 0 Å². The minimum Gasteiger partial charge on any atom is -0.336 e. The van der Waals surface area contributed by atoms with Gasteiger partial charge in [0, 0.05) is 22.2 Å². The van der Waals surface area contributed by atoms with Gasteiger partial charge in [0.1, 0.15) is 10.6 Å². The van der Waals surface area contributed by atoms with E-state index in [9.17, 15) is 9.59 Å². The molecule has 1 aliphatic rings. The van der Waals surface area contributed by atoms with Crippen LogP contribution in [0.15, 0.2) is 88.3 Å². The fourth-order valence-corrected chi connectivity index (χ4v) is 4.83. The molecule has 0 aliphatic carbocycles. The van der Waals surface area contributed by atoms with Crippen LogP contribution in [0, 0.1) is 13.8 Å². The van der Waals surface area contributed by atoms with Gasteiger partial charge in [-0.1, -0.05) is 53.7 Å². The molecule has 0 radical (unpaired) electrons. The normalized spacial score (nSPS) is 13.8. The summed E-state index contributed by atoms with van der Waals surface area (Å²) in [4.78, 5) is 31.9. The van der Waals surface area contributed by atoms with Gasteiger partial charge in [0.2, 0.25) is 0 Å². The van der Waals surface area contributed by atoms with Crippen LogP contribution in [0.1, 0.15) is 18.1 Å². The number of carbonyl (C=O) groups excluding carboxylic acids is 2. The molecule has 0 atom stereocenters. The average molecular weight is 463 g/mol. The largest absolute Gasteiger partial charge is 0.336 e. The van der Waals surface area contributed by atoms with Crippen LogP contribution < -0.4 is 9.80 Å². The van der Waals surface area contributed by atoms with Crippen molar-refractivity contribution in [3.63, 3.8) is 0 Å². The average Bonchev–Trinajstić information content (AvgIpc) is 3.03. The number of aryl methyl sites for hydroxylation is 1. The number of nitrogens with zero attached hydrogens (tertiary/aromatic N) is 2. The van der Waals surface area contributed by atoms with E-state index in [0.29, 0.717) is 27.9 Å². The fraction of sp³-hybridized carbons (Fsp3) is 0.154. The maximum atomic E-state index is 13.8. The first-order valence-electron chi connectivity index (χ1n) is 10.4. The second kappa shape index (κ2) is 9.23. The van der Waals surface area contributed by atoms with Crippen molar-refractivity contribution in [1.82, 2.24) is 0 Å². The molecule has 162 valence electrons. The summed E-state index contributed by atoms with van der Waals surface area (Å²) in [7, 11) is 0. The van der Waals surface area contributed by atoms with Crippen molar-refractivity contribution in [2.24, 2.45) is 0 Å². The van der Waals surface area contributed by atoms with Crippen molar-refractivity contribution in [3.05, 3.63) is 99.5 Å². The molecule has 3 aromatic carbocycles. The van der Waals surface area contributed by atoms with Crippen LogP contribution >= 0.6 is 23.4 Å². The molecule has 1 aliphatic heterocycles. The summed E-state index contributed by atoms with van der Waals surface area (Å²) in [5.74, 6) is -0.626. The Bertz CT molecular complexity index is 1210. The van der Waals surface area contributed by atoms with Crippen LogP contribution in [-0.4, -0.2) is 18.4 Å². The molecule has 0 N–H and O–H groups in total. The molecule has 0 saturated heterocycles. The molecule has 3 aromatic rings. The third-order valence-electron chi connectivity index (χ3n) is 5.52. The van der Waals surface area contributed by atoms with Gasteiger partial charge in [-0.05, 0) is 74.4 Å². The van der Waals surface area contributed by atoms with Crippen molar-refractivity contribution in [3.8, 4) is 0 Å². The Balaban J connectivity index is 1.85. The number of anilines is 2. The van der Waals surface area contributed by atoms with Crippen molar-refractivity contribution in [2.75, 3.05) is 16.3 Å². The maximum absolute atomic E-state index is 13.8. The smallest absolute Gasteiger partial charge is 0.283 e. The molecular weight excluding hydrogens is 440 g/mol. The van der Waals surface area contributed by atoms with Crippen LogP contribution in [0.2, 0.25) is 5.02 Å². The predicted octanol–water partition coefficient (Wildman–Crippen LogP) is 6.36. The summed E-state index contributed by atoms with van der Waals surface area (Å²) in [5, 5.41) is 0.619. The maximum Gasteiger partial charge on any atom is 0.283 e. The zero-order valence-electron chi connectivity index (χ0n) is 18.1. The molecule has 4 rings (SSSR count). The highest BCUT2D eigenvalue weighted by Crippen LogP contribution is 2.41. The number of hydrogen-bond acceptors (Lipinski definition) is 4. The zero-order chi connectivity index (χ0) is 22.8. The number of rotatable bonds is 6. The van der Waals surface area contributed by atoms with Crippen molar-refractivity contribution < 1.29 is 9.59 Å². The summed E-state index contributed by atoms with van der Waals surface area (Å²) in [5.41, 5.74) is 3.81. The van der Waals surface area contributed by atoms with Crippen LogP contribution in [0.25, 0.3) is 0 Å². The van der Waals surface area contributed by atoms with E-state index >= 15 is 0 Å². The first-order chi connectivity index (χ1) is 15.4. The number of halogens is 1. The van der Waals surface area contributed by atoms with E-state index in [2.05, 4.69) is 0 Å². The molecule has 0 spiro atoms. The molecule has 0 unspecified atom stereocenters. The Morgan fingerprint density at radius 3 is 2.22 bits per heavy atom. The Kier molecular flexibility index (Phi) is 6.40. The molecule has 6 heteroatoms. The number of imide groups is 1. The predicted molar refractivity (Wildman–Crippen MR) is 132 cm³/mol. The number of para-hydroxylation sites is 1. The SMILES string of the molecule is CCN(C1=C(Sc2ccc(Cl)cc2)C(=O)N(c2cccc(C)c2C)C1=O)c1ccccc1. The third kappa shape index (κ3) is 4.06. The van der Waals surface area contributed by atoms with Crippen molar-refractivity contribution >= 4 is 46.6 Å². The van der Waals surface area contributed by atoms with E-state index in [4.69, 9.17) is 11.6 Å². The van der Waals surface area contributed by atoms with Gasteiger partial charge in [0.05, 0.1) is 5.69 Å². The second-order valence-electron chi connectivity index (χ2n) is 7.48. The van der Waals surface area contributed by atoms with E-state index in [-0.39, 0.29) is 11.8 Å². The molecule has 0 fully saturated rings. The van der Waals surface area contributed by atoms with E-state index in [0.717, 1.165) is 21.7 Å². The van der Waals surface area contributed by atoms with E-state index in [1.54, 1.807) is 12.1 Å². The standard InChI is InChI=1S/C26H23ClN2O2S/c1-4-28(20-10-6-5-7-11-20)23-24(32-21-15-13-19(27)14-16-21)26(31)29(25(23)30)22-12-8-9-17(2)18(22)3/h5-16H,4H2,1-3H3. The Hall–Kier alpha value is -3.02. The molecule has 1 heterocycles. The molecular formula is C26H23ClN2O2S. The van der Waals surface area contributed by atoms with Gasteiger partial charge in [-0.15, -0.1) is 0 Å². The van der Waals surface area contributed by atoms with Crippen LogP contribution in [0.4, 0.5) is 11.4 Å². The Morgan fingerprint density at radius 2 is 1.56 bits per heavy atom. The summed E-state index contributed by atoms with van der Waals surface area (Å²) >= 11 is 7.33. The molecule has 0 saturated carbocycles. The lowest BCUT2D eigenvalue weighted by molar-refractivity contribution is -0.120. The Labute approximate surface area is 197 Å². The van der Waals surface area contributed by atoms with Gasteiger partial charge in [-0.25, -0.2) is 4.90 Å². The topological polar surface area (TPSA) is 40.6 Å². The number of hydrogen-bond donors (Lipinski definition) is 0. The lowest BCUT2D eigenvalue weighted by Crippen LogP contribution is -2.35. The summed E-state index contributed by atoms with van der Waals surface area (Å²) in [6, 6.07) is 22.6. The summed E-state index contributed by atoms with van der Waals surface area (Å²) in [6.45, 7) is 6.43. The molecule has 2 amide bonds. The summed E-state index contributed by atoms with van der Waals surface area (Å²) in [6.07, 6.45) is 0. The highest BCUT2D eigenvalue weighted by Gasteiger charge is 2.43. The lowest BCUT2D eigenvalue weighted by Gasteiger charge is -2.25. The van der Waals surface area contributed by atoms with Gasteiger partial charge in [-0.2, -0.15) is 0 Å². The highest BCUT2D eigenvalue weighted by molar-refractivity contribution is 8.04. The molecule has 4 nitrogen and oxygen atoms in total. The lowest BCUT2D eigenvalue weighted by atomic mass is 10.1. The number of benzene rings is 3. The summed E-state index contributed by atoms with van der Waals surface area (Å²) < 4.78 is 0. The first-order valence-corrected chi connectivity index (χ1v) is 11.6. The molecule has 0 bridgehead atoms. The second-order valence-corrected chi connectivity index (χ2v) is 9.00. The monoisotopic (exact) mass is 462 g/mol.